The van der Waals surface area contributed by atoms with Gasteiger partial charge in [0.1, 0.15) is 30.3 Å². The van der Waals surface area contributed by atoms with Crippen molar-refractivity contribution in [1.29, 1.82) is 0 Å². The number of halogens is 1. The molecule has 19 heteroatoms. The first-order valence-corrected chi connectivity index (χ1v) is 28.6. The highest BCUT2D eigenvalue weighted by Crippen LogP contribution is 2.49. The van der Waals surface area contributed by atoms with E-state index in [-0.39, 0.29) is 24.1 Å². The average molecular weight is 1050 g/mol. The summed E-state index contributed by atoms with van der Waals surface area (Å²) in [5, 5.41) is 9.90. The van der Waals surface area contributed by atoms with Gasteiger partial charge in [0.15, 0.2) is 0 Å². The summed E-state index contributed by atoms with van der Waals surface area (Å²) in [5.41, 5.74) is 8.12. The first-order valence-electron chi connectivity index (χ1n) is 25.2. The molecule has 5 aromatic rings. The number of fused-ring (bicyclic) bond motifs is 2. The fraction of sp³-hybridized carbons (Fsp3) is 0.481. The number of amides is 3. The van der Waals surface area contributed by atoms with E-state index in [4.69, 9.17) is 9.72 Å². The first-order chi connectivity index (χ1) is 34.4. The maximum absolute atomic E-state index is 13.6. The lowest BCUT2D eigenvalue weighted by Gasteiger charge is -2.44. The first kappa shape index (κ1) is 47.6. The van der Waals surface area contributed by atoms with Crippen LogP contribution < -0.4 is 35.8 Å². The van der Waals surface area contributed by atoms with Crippen molar-refractivity contribution >= 4 is 91.6 Å². The number of hydrogen-bond donors (Lipinski definition) is 3. The molecule has 17 nitrogen and oxygen atoms in total. The van der Waals surface area contributed by atoms with Gasteiger partial charge >= 0.3 is 0 Å². The van der Waals surface area contributed by atoms with Crippen LogP contribution in [0.25, 0.3) is 11.0 Å². The lowest BCUT2D eigenvalue weighted by Crippen LogP contribution is -2.52. The monoisotopic (exact) mass is 1040 g/mol. The fourth-order valence-electron chi connectivity index (χ4n) is 11.6. The van der Waals surface area contributed by atoms with Gasteiger partial charge in [-0.15, -0.1) is 0 Å². The van der Waals surface area contributed by atoms with Crippen molar-refractivity contribution < 1.29 is 23.7 Å². The third-order valence-electron chi connectivity index (χ3n) is 15.5. The Morgan fingerprint density at radius 2 is 1.59 bits per heavy atom. The molecule has 6 aliphatic rings. The summed E-state index contributed by atoms with van der Waals surface area (Å²) in [5.74, 6) is 2.12. The highest BCUT2D eigenvalue weighted by atomic mass is 79.9. The molecule has 1 atom stereocenters. The van der Waals surface area contributed by atoms with Crippen LogP contribution in [-0.2, 0) is 20.7 Å². The lowest BCUT2D eigenvalue weighted by molar-refractivity contribution is -0.136. The largest absolute Gasteiger partial charge is 0.494 e. The highest BCUT2D eigenvalue weighted by molar-refractivity contribution is 9.10. The van der Waals surface area contributed by atoms with Crippen molar-refractivity contribution in [2.45, 2.75) is 75.9 Å². The molecule has 0 unspecified atom stereocenters. The van der Waals surface area contributed by atoms with Crippen LogP contribution in [0.2, 0.25) is 0 Å². The number of likely N-dealkylation sites (tertiary alicyclic amines) is 1. The second kappa shape index (κ2) is 19.7. The number of nitrogens with zero attached hydrogens (tertiary/aromatic N) is 9. The van der Waals surface area contributed by atoms with Gasteiger partial charge in [-0.1, -0.05) is 0 Å². The molecule has 0 bridgehead atoms. The van der Waals surface area contributed by atoms with Crippen LogP contribution in [0.15, 0.2) is 65.5 Å². The summed E-state index contributed by atoms with van der Waals surface area (Å²) in [6.07, 6.45) is 12.7. The number of rotatable bonds is 13. The number of nitrogens with one attached hydrogen (secondary N) is 3. The van der Waals surface area contributed by atoms with Gasteiger partial charge in [0.25, 0.3) is 5.91 Å². The summed E-state index contributed by atoms with van der Waals surface area (Å²) in [4.78, 5) is 67.9. The van der Waals surface area contributed by atoms with E-state index in [0.717, 1.165) is 94.4 Å². The molecule has 0 spiro atoms. The molecule has 11 rings (SSSR count). The Balaban J connectivity index is 0.671. The number of carbonyl (C=O) groups is 3. The number of methoxy groups -OCH3 is 1. The minimum Gasteiger partial charge on any atom is -0.494 e. The quantitative estimate of drug-likeness (QED) is 0.0805. The van der Waals surface area contributed by atoms with Crippen molar-refractivity contribution in [3.63, 3.8) is 0 Å². The molecular weight excluding hydrogens is 984 g/mol. The molecular formula is C52H62BrN12O5P. The van der Waals surface area contributed by atoms with E-state index in [1.54, 1.807) is 43.9 Å². The van der Waals surface area contributed by atoms with Gasteiger partial charge < -0.3 is 39.5 Å². The zero-order valence-corrected chi connectivity index (χ0v) is 43.2. The molecule has 2 aromatic heterocycles. The van der Waals surface area contributed by atoms with Crippen LogP contribution in [-0.4, -0.2) is 144 Å². The number of piperidine rings is 3. The average Bonchev–Trinajstić information content (AvgIpc) is 4.17. The normalized spacial score (nSPS) is 20.9. The van der Waals surface area contributed by atoms with Crippen molar-refractivity contribution in [1.82, 2.24) is 40.0 Å². The summed E-state index contributed by atoms with van der Waals surface area (Å²) in [7, 11) is -1.06. The molecule has 5 fully saturated rings. The SMILES string of the molecule is COc1cc(N2CCC(N3CCC(CN4CCN(c5ccc6c(c5)CN([C@H]5CCC(=O)NC5=O)C6=O)CC4)CC3)CC2)c(C2CC2)cc1Nc1ncc(Br)c(Nc2ccc3nccnc3c2P(C)(C)=O)n1. The molecule has 7 heterocycles. The number of anilines is 6. The Morgan fingerprint density at radius 3 is 2.32 bits per heavy atom. The Hall–Kier alpha value is -5.68. The smallest absolute Gasteiger partial charge is 0.255 e. The Morgan fingerprint density at radius 1 is 0.817 bits per heavy atom. The van der Waals surface area contributed by atoms with E-state index in [1.165, 1.54) is 36.9 Å². The van der Waals surface area contributed by atoms with Gasteiger partial charge in [-0.2, -0.15) is 4.98 Å². The van der Waals surface area contributed by atoms with Crippen molar-refractivity contribution in [2.75, 3.05) is 99.8 Å². The van der Waals surface area contributed by atoms with E-state index in [9.17, 15) is 18.9 Å². The van der Waals surface area contributed by atoms with E-state index in [1.807, 2.05) is 24.3 Å². The number of piperazine rings is 1. The van der Waals surface area contributed by atoms with E-state index >= 15 is 0 Å². The zero-order valence-electron chi connectivity index (χ0n) is 40.7. The molecule has 3 amide bonds. The predicted octanol–water partition coefficient (Wildman–Crippen LogP) is 7.07. The van der Waals surface area contributed by atoms with Gasteiger partial charge in [0, 0.05) is 106 Å². The Kier molecular flexibility index (Phi) is 13.2. The van der Waals surface area contributed by atoms with Gasteiger partial charge in [-0.3, -0.25) is 34.6 Å². The van der Waals surface area contributed by atoms with Gasteiger partial charge in [-0.05, 0) is 147 Å². The molecule has 4 saturated heterocycles. The molecule has 5 aliphatic heterocycles. The van der Waals surface area contributed by atoms with Crippen LogP contribution in [0, 0.1) is 5.92 Å². The number of carbonyl (C=O) groups excluding carboxylic acids is 3. The van der Waals surface area contributed by atoms with Crippen molar-refractivity contribution in [3.8, 4) is 5.75 Å². The second-order valence-corrected chi connectivity index (χ2v) is 24.5. The Labute approximate surface area is 423 Å². The number of ether oxygens (including phenoxy) is 1. The lowest BCUT2D eigenvalue weighted by atomic mass is 9.92. The second-order valence-electron chi connectivity index (χ2n) is 20.5. The number of benzene rings is 3. The third-order valence-corrected chi connectivity index (χ3v) is 17.6. The fourth-order valence-corrected chi connectivity index (χ4v) is 13.2. The zero-order chi connectivity index (χ0) is 49.0. The van der Waals surface area contributed by atoms with E-state index < -0.39 is 13.2 Å². The van der Waals surface area contributed by atoms with Crippen LogP contribution in [0.4, 0.5) is 34.5 Å². The van der Waals surface area contributed by atoms with Crippen molar-refractivity contribution in [2.24, 2.45) is 5.92 Å². The van der Waals surface area contributed by atoms with Crippen LogP contribution in [0.5, 0.6) is 5.75 Å². The van der Waals surface area contributed by atoms with E-state index in [0.29, 0.717) is 74.7 Å². The van der Waals surface area contributed by atoms with E-state index in [2.05, 4.69) is 84.6 Å². The summed E-state index contributed by atoms with van der Waals surface area (Å²) in [6, 6.07) is 14.3. The Bertz CT molecular complexity index is 2930. The molecule has 71 heavy (non-hydrogen) atoms. The minimum absolute atomic E-state index is 0.126. The summed E-state index contributed by atoms with van der Waals surface area (Å²) < 4.78 is 20.3. The molecule has 3 N–H and O–H groups in total. The molecule has 1 aliphatic carbocycles. The number of imide groups is 1. The summed E-state index contributed by atoms with van der Waals surface area (Å²) in [6.45, 7) is 13.3. The minimum atomic E-state index is -2.77. The molecule has 3 aromatic carbocycles. The topological polar surface area (TPSA) is 181 Å². The van der Waals surface area contributed by atoms with Crippen LogP contribution >= 0.6 is 23.1 Å². The third kappa shape index (κ3) is 9.97. The van der Waals surface area contributed by atoms with Gasteiger partial charge in [0.2, 0.25) is 17.8 Å². The maximum Gasteiger partial charge on any atom is 0.255 e. The molecule has 1 saturated carbocycles. The maximum atomic E-state index is 13.6. The standard InChI is InChI=1S/C52H62BrN12O5P/c1-70-45-28-44(38(33-4-5-33)27-42(45)58-52-56-29-39(53)49(60-52)57-41-9-8-40-47(55-17-16-54-40)48(41)71(2,3)69)64-20-14-35(15-21-64)62-18-12-32(13-19-62)30-61-22-24-63(25-23-61)36-6-7-37-34(26-36)31-65(51(37)68)43-10-11-46(66)59-50(43)67/h6-9,16-17,26-29,32-33,35,43H,4-5,10-15,18-25,30-31H2,1-3H3,(H,59,66,67)(H2,56,57,58,60)/t43-/m0/s1. The number of hydrogen-bond acceptors (Lipinski definition) is 15. The predicted molar refractivity (Wildman–Crippen MR) is 281 cm³/mol. The highest BCUT2D eigenvalue weighted by Gasteiger charge is 2.40. The summed E-state index contributed by atoms with van der Waals surface area (Å²) >= 11 is 3.63. The number of aromatic nitrogens is 4. The van der Waals surface area contributed by atoms with Gasteiger partial charge in [-0.25, -0.2) is 4.98 Å². The van der Waals surface area contributed by atoms with Crippen molar-refractivity contribution in [3.05, 3.63) is 82.2 Å². The van der Waals surface area contributed by atoms with Crippen LogP contribution in [0.1, 0.15) is 78.8 Å². The molecule has 0 radical (unpaired) electrons. The van der Waals surface area contributed by atoms with Crippen LogP contribution in [0.3, 0.4) is 0 Å². The van der Waals surface area contributed by atoms with Gasteiger partial charge in [0.05, 0.1) is 33.8 Å². The molecule has 372 valence electrons.